The van der Waals surface area contributed by atoms with Crippen LogP contribution in [0.4, 0.5) is 5.69 Å². The summed E-state index contributed by atoms with van der Waals surface area (Å²) in [4.78, 5) is 15.3. The Morgan fingerprint density at radius 3 is 3.00 bits per heavy atom. The number of hydrogen-bond acceptors (Lipinski definition) is 4. The van der Waals surface area contributed by atoms with E-state index < -0.39 is 5.97 Å². The first-order chi connectivity index (χ1) is 7.54. The number of aromatic nitrogens is 1. The summed E-state index contributed by atoms with van der Waals surface area (Å²) in [7, 11) is 0. The van der Waals surface area contributed by atoms with Crippen molar-refractivity contribution in [2.75, 3.05) is 12.3 Å². The van der Waals surface area contributed by atoms with Crippen LogP contribution in [-0.2, 0) is 9.53 Å². The second-order valence-corrected chi connectivity index (χ2v) is 3.91. The molecule has 86 valence electrons. The maximum absolute atomic E-state index is 11.1. The highest BCUT2D eigenvalue weighted by Crippen LogP contribution is 2.20. The molecule has 5 heteroatoms. The molecular formula is C11H13BrN2O2. The fourth-order valence-electron chi connectivity index (χ4n) is 1.10. The fourth-order valence-corrected chi connectivity index (χ4v) is 1.40. The molecule has 0 saturated carbocycles. The Morgan fingerprint density at radius 2 is 2.38 bits per heavy atom. The molecule has 0 atom stereocenters. The number of rotatable bonds is 3. The number of nitrogens with two attached hydrogens (primary N) is 1. The first kappa shape index (κ1) is 12.7. The average molecular weight is 285 g/mol. The number of pyridine rings is 1. The standard InChI is InChI=1S/C11H13BrN2O2/c1-3-16-10(15)5-4-9-8(13)6-7(2)11(12)14-9/h4-6H,3,13H2,1-2H3/b5-4+. The Kier molecular flexibility index (Phi) is 4.49. The van der Waals surface area contributed by atoms with Crippen molar-refractivity contribution in [2.45, 2.75) is 13.8 Å². The Bertz CT molecular complexity index is 430. The molecule has 1 rings (SSSR count). The Morgan fingerprint density at radius 1 is 1.69 bits per heavy atom. The summed E-state index contributed by atoms with van der Waals surface area (Å²) >= 11 is 3.30. The van der Waals surface area contributed by atoms with Gasteiger partial charge in [-0.2, -0.15) is 0 Å². The minimum absolute atomic E-state index is 0.351. The maximum Gasteiger partial charge on any atom is 0.330 e. The van der Waals surface area contributed by atoms with E-state index in [9.17, 15) is 4.79 Å². The highest BCUT2D eigenvalue weighted by Gasteiger charge is 2.03. The number of carbonyl (C=O) groups is 1. The van der Waals surface area contributed by atoms with Gasteiger partial charge in [-0.15, -0.1) is 0 Å². The normalized spacial score (nSPS) is 10.7. The monoisotopic (exact) mass is 284 g/mol. The first-order valence-corrected chi connectivity index (χ1v) is 5.61. The molecule has 1 heterocycles. The van der Waals surface area contributed by atoms with Crippen molar-refractivity contribution in [3.63, 3.8) is 0 Å². The molecule has 0 aliphatic heterocycles. The zero-order valence-electron chi connectivity index (χ0n) is 9.16. The van der Waals surface area contributed by atoms with Crippen LogP contribution < -0.4 is 5.73 Å². The third kappa shape index (κ3) is 3.34. The lowest BCUT2D eigenvalue weighted by molar-refractivity contribution is -0.137. The van der Waals surface area contributed by atoms with Crippen LogP contribution in [0.15, 0.2) is 16.7 Å². The van der Waals surface area contributed by atoms with E-state index in [1.54, 1.807) is 13.0 Å². The summed E-state index contributed by atoms with van der Waals surface area (Å²) < 4.78 is 5.46. The van der Waals surface area contributed by atoms with E-state index in [1.807, 2.05) is 6.92 Å². The Hall–Kier alpha value is -1.36. The van der Waals surface area contributed by atoms with Gasteiger partial charge in [0.05, 0.1) is 18.0 Å². The summed E-state index contributed by atoms with van der Waals surface area (Å²) in [6.45, 7) is 4.00. The molecule has 1 aromatic heterocycles. The molecule has 1 aromatic rings. The summed E-state index contributed by atoms with van der Waals surface area (Å²) in [5, 5.41) is 0. The van der Waals surface area contributed by atoms with Gasteiger partial charge in [0, 0.05) is 6.08 Å². The van der Waals surface area contributed by atoms with Crippen LogP contribution in [0.1, 0.15) is 18.2 Å². The second kappa shape index (κ2) is 5.65. The highest BCUT2D eigenvalue weighted by atomic mass is 79.9. The molecule has 0 radical (unpaired) electrons. The van der Waals surface area contributed by atoms with Crippen molar-refractivity contribution in [1.29, 1.82) is 0 Å². The zero-order chi connectivity index (χ0) is 12.1. The van der Waals surface area contributed by atoms with E-state index in [2.05, 4.69) is 20.9 Å². The molecule has 0 fully saturated rings. The number of aryl methyl sites for hydroxylation is 1. The number of nitrogen functional groups attached to an aromatic ring is 1. The third-order valence-corrected chi connectivity index (χ3v) is 2.68. The highest BCUT2D eigenvalue weighted by molar-refractivity contribution is 9.10. The number of hydrogen-bond donors (Lipinski definition) is 1. The molecule has 0 bridgehead atoms. The van der Waals surface area contributed by atoms with Crippen molar-refractivity contribution in [1.82, 2.24) is 4.98 Å². The largest absolute Gasteiger partial charge is 0.463 e. The summed E-state index contributed by atoms with van der Waals surface area (Å²) in [5.74, 6) is -0.402. The van der Waals surface area contributed by atoms with E-state index >= 15 is 0 Å². The number of halogens is 1. The van der Waals surface area contributed by atoms with Gasteiger partial charge in [0.2, 0.25) is 0 Å². The van der Waals surface area contributed by atoms with Gasteiger partial charge in [0.15, 0.2) is 0 Å². The van der Waals surface area contributed by atoms with Crippen molar-refractivity contribution in [3.05, 3.63) is 28.0 Å². The molecule has 16 heavy (non-hydrogen) atoms. The molecule has 0 aromatic carbocycles. The molecule has 4 nitrogen and oxygen atoms in total. The zero-order valence-corrected chi connectivity index (χ0v) is 10.7. The van der Waals surface area contributed by atoms with Gasteiger partial charge in [-0.25, -0.2) is 9.78 Å². The average Bonchev–Trinajstić information content (AvgIpc) is 2.22. The van der Waals surface area contributed by atoms with Gasteiger partial charge >= 0.3 is 5.97 Å². The number of carbonyl (C=O) groups excluding carboxylic acids is 1. The van der Waals surface area contributed by atoms with E-state index in [0.717, 1.165) is 5.56 Å². The minimum Gasteiger partial charge on any atom is -0.463 e. The molecule has 0 saturated heterocycles. The van der Waals surface area contributed by atoms with Crippen LogP contribution >= 0.6 is 15.9 Å². The predicted octanol–water partition coefficient (Wildman–Crippen LogP) is 2.31. The van der Waals surface area contributed by atoms with Crippen molar-refractivity contribution < 1.29 is 9.53 Å². The summed E-state index contributed by atoms with van der Waals surface area (Å²) in [6.07, 6.45) is 2.85. The number of esters is 1. The second-order valence-electron chi connectivity index (χ2n) is 3.16. The molecule has 2 N–H and O–H groups in total. The smallest absolute Gasteiger partial charge is 0.330 e. The van der Waals surface area contributed by atoms with Gasteiger partial charge in [-0.1, -0.05) is 0 Å². The SMILES string of the molecule is CCOC(=O)/C=C/c1nc(Br)c(C)cc1N. The summed E-state index contributed by atoms with van der Waals surface area (Å²) in [5.41, 5.74) is 7.79. The molecule has 0 spiro atoms. The summed E-state index contributed by atoms with van der Waals surface area (Å²) in [6, 6.07) is 1.79. The molecule has 0 unspecified atom stereocenters. The number of ether oxygens (including phenoxy) is 1. The van der Waals surface area contributed by atoms with Crippen LogP contribution in [0.2, 0.25) is 0 Å². The first-order valence-electron chi connectivity index (χ1n) is 4.82. The Balaban J connectivity index is 2.89. The van der Waals surface area contributed by atoms with Gasteiger partial charge in [-0.05, 0) is 47.5 Å². The fraction of sp³-hybridized carbons (Fsp3) is 0.273. The predicted molar refractivity (Wildman–Crippen MR) is 66.8 cm³/mol. The van der Waals surface area contributed by atoms with Crippen LogP contribution in [-0.4, -0.2) is 17.6 Å². The third-order valence-electron chi connectivity index (χ3n) is 1.88. The van der Waals surface area contributed by atoms with Gasteiger partial charge in [0.1, 0.15) is 4.60 Å². The van der Waals surface area contributed by atoms with E-state index in [1.165, 1.54) is 12.2 Å². The van der Waals surface area contributed by atoms with E-state index in [0.29, 0.717) is 22.6 Å². The lowest BCUT2D eigenvalue weighted by atomic mass is 10.2. The van der Waals surface area contributed by atoms with Crippen molar-refractivity contribution in [2.24, 2.45) is 0 Å². The van der Waals surface area contributed by atoms with Crippen LogP contribution in [0, 0.1) is 6.92 Å². The van der Waals surface area contributed by atoms with Crippen LogP contribution in [0.3, 0.4) is 0 Å². The van der Waals surface area contributed by atoms with E-state index in [4.69, 9.17) is 10.5 Å². The minimum atomic E-state index is -0.402. The Labute approximate surface area is 103 Å². The number of nitrogens with zero attached hydrogens (tertiary/aromatic N) is 1. The van der Waals surface area contributed by atoms with Gasteiger partial charge < -0.3 is 10.5 Å². The number of anilines is 1. The van der Waals surface area contributed by atoms with Crippen molar-refractivity contribution >= 4 is 33.7 Å². The molecule has 0 aliphatic rings. The van der Waals surface area contributed by atoms with Gasteiger partial charge in [0.25, 0.3) is 0 Å². The maximum atomic E-state index is 11.1. The van der Waals surface area contributed by atoms with Crippen molar-refractivity contribution in [3.8, 4) is 0 Å². The van der Waals surface area contributed by atoms with Crippen LogP contribution in [0.25, 0.3) is 6.08 Å². The van der Waals surface area contributed by atoms with Crippen LogP contribution in [0.5, 0.6) is 0 Å². The van der Waals surface area contributed by atoms with Gasteiger partial charge in [-0.3, -0.25) is 0 Å². The van der Waals surface area contributed by atoms with E-state index in [-0.39, 0.29) is 0 Å². The molecular weight excluding hydrogens is 272 g/mol. The quantitative estimate of drug-likeness (QED) is 0.526. The lowest BCUT2D eigenvalue weighted by Crippen LogP contribution is -2.00. The molecule has 0 aliphatic carbocycles. The molecule has 0 amide bonds. The topological polar surface area (TPSA) is 65.2 Å². The lowest BCUT2D eigenvalue weighted by Gasteiger charge is -2.03.